The molecule has 1 aliphatic rings. The van der Waals surface area contributed by atoms with Crippen molar-refractivity contribution >= 4 is 28.9 Å². The van der Waals surface area contributed by atoms with Gasteiger partial charge in [-0.05, 0) is 6.92 Å². The zero-order valence-electron chi connectivity index (χ0n) is 10.2. The van der Waals surface area contributed by atoms with Crippen molar-refractivity contribution in [2.24, 2.45) is 5.10 Å². The van der Waals surface area contributed by atoms with E-state index in [0.717, 1.165) is 0 Å². The average Bonchev–Trinajstić information content (AvgIpc) is 2.62. The first kappa shape index (κ1) is 14.3. The van der Waals surface area contributed by atoms with Crippen LogP contribution in [0.2, 0.25) is 0 Å². The standard InChI is InChI=1S/C11H16N4O2S/c1-4-6-12-10(17)13-14-11-15(7-5-2)9(16)8(3)18-11/h4-5,8H,1-2,6-7H2,3H3,(H2,12,13,17)/b14-11+. The number of carbonyl (C=O) groups is 2. The molecule has 1 unspecified atom stereocenters. The van der Waals surface area contributed by atoms with Crippen molar-refractivity contribution in [1.29, 1.82) is 0 Å². The number of hydrogen-bond acceptors (Lipinski definition) is 4. The van der Waals surface area contributed by atoms with Gasteiger partial charge in [0.25, 0.3) is 0 Å². The van der Waals surface area contributed by atoms with Crippen LogP contribution in [0.5, 0.6) is 0 Å². The highest BCUT2D eigenvalue weighted by atomic mass is 32.2. The largest absolute Gasteiger partial charge is 0.335 e. The second-order valence-corrected chi connectivity index (χ2v) is 4.81. The lowest BCUT2D eigenvalue weighted by Gasteiger charge is -2.13. The minimum absolute atomic E-state index is 0.0352. The zero-order chi connectivity index (χ0) is 13.5. The molecule has 1 aliphatic heterocycles. The van der Waals surface area contributed by atoms with E-state index in [4.69, 9.17) is 0 Å². The summed E-state index contributed by atoms with van der Waals surface area (Å²) in [7, 11) is 0. The average molecular weight is 268 g/mol. The summed E-state index contributed by atoms with van der Waals surface area (Å²) in [5.41, 5.74) is 2.33. The SMILES string of the molecule is C=CCNC(=O)N/N=C1/SC(C)C(=O)N1CC=C. The minimum Gasteiger partial charge on any atom is -0.333 e. The normalized spacial score (nSPS) is 20.9. The molecule has 1 fully saturated rings. The molecule has 1 saturated heterocycles. The first-order valence-electron chi connectivity index (χ1n) is 5.41. The van der Waals surface area contributed by atoms with Crippen LogP contribution >= 0.6 is 11.8 Å². The molecule has 98 valence electrons. The Bertz CT molecular complexity index is 395. The minimum atomic E-state index is -0.437. The van der Waals surface area contributed by atoms with Gasteiger partial charge in [-0.15, -0.1) is 18.3 Å². The van der Waals surface area contributed by atoms with Crippen LogP contribution in [0, 0.1) is 0 Å². The van der Waals surface area contributed by atoms with Gasteiger partial charge < -0.3 is 5.32 Å². The third kappa shape index (κ3) is 3.63. The molecule has 3 amide bonds. The summed E-state index contributed by atoms with van der Waals surface area (Å²) < 4.78 is 0. The van der Waals surface area contributed by atoms with E-state index in [9.17, 15) is 9.59 Å². The highest BCUT2D eigenvalue weighted by Crippen LogP contribution is 2.26. The van der Waals surface area contributed by atoms with Gasteiger partial charge in [0.05, 0.1) is 5.25 Å². The van der Waals surface area contributed by atoms with Crippen LogP contribution in [-0.4, -0.2) is 40.3 Å². The molecule has 0 aromatic carbocycles. The summed E-state index contributed by atoms with van der Waals surface area (Å²) in [5.74, 6) is -0.0352. The number of hydrogen-bond donors (Lipinski definition) is 2. The molecule has 0 spiro atoms. The number of rotatable bonds is 5. The van der Waals surface area contributed by atoms with Crippen molar-refractivity contribution in [3.05, 3.63) is 25.3 Å². The predicted octanol–water partition coefficient (Wildman–Crippen LogP) is 0.893. The third-order valence-corrected chi connectivity index (χ3v) is 3.18. The Hall–Kier alpha value is -1.76. The number of carbonyl (C=O) groups excluding carboxylic acids is 2. The van der Waals surface area contributed by atoms with Gasteiger partial charge in [0.15, 0.2) is 5.17 Å². The molecule has 1 heterocycles. The molecule has 6 nitrogen and oxygen atoms in total. The maximum atomic E-state index is 11.8. The first-order chi connectivity index (χ1) is 8.60. The summed E-state index contributed by atoms with van der Waals surface area (Å²) in [5, 5.41) is 6.72. The van der Waals surface area contributed by atoms with Crippen molar-refractivity contribution in [3.63, 3.8) is 0 Å². The Balaban J connectivity index is 2.62. The Labute approximate surface area is 110 Å². The van der Waals surface area contributed by atoms with Gasteiger partial charge in [0, 0.05) is 13.1 Å². The van der Waals surface area contributed by atoms with Gasteiger partial charge in [0.1, 0.15) is 0 Å². The van der Waals surface area contributed by atoms with Crippen molar-refractivity contribution < 1.29 is 9.59 Å². The lowest BCUT2D eigenvalue weighted by molar-refractivity contribution is -0.125. The van der Waals surface area contributed by atoms with Crippen molar-refractivity contribution in [2.45, 2.75) is 12.2 Å². The van der Waals surface area contributed by atoms with Gasteiger partial charge >= 0.3 is 6.03 Å². The van der Waals surface area contributed by atoms with E-state index in [1.54, 1.807) is 19.1 Å². The summed E-state index contributed by atoms with van der Waals surface area (Å²) >= 11 is 1.30. The van der Waals surface area contributed by atoms with E-state index in [-0.39, 0.29) is 11.2 Å². The van der Waals surface area contributed by atoms with E-state index in [1.165, 1.54) is 16.7 Å². The predicted molar refractivity (Wildman–Crippen MR) is 73.1 cm³/mol. The van der Waals surface area contributed by atoms with E-state index >= 15 is 0 Å². The smallest absolute Gasteiger partial charge is 0.333 e. The zero-order valence-corrected chi connectivity index (χ0v) is 11.0. The Kier molecular flexibility index (Phi) is 5.44. The molecule has 0 aromatic heterocycles. The number of amidine groups is 1. The lowest BCUT2D eigenvalue weighted by Crippen LogP contribution is -2.36. The van der Waals surface area contributed by atoms with Gasteiger partial charge in [-0.25, -0.2) is 10.2 Å². The van der Waals surface area contributed by atoms with Gasteiger partial charge in [-0.2, -0.15) is 0 Å². The molecule has 1 rings (SSSR count). The highest BCUT2D eigenvalue weighted by molar-refractivity contribution is 8.15. The summed E-state index contributed by atoms with van der Waals surface area (Å²) in [6.45, 7) is 9.60. The molecule has 0 saturated carbocycles. The lowest BCUT2D eigenvalue weighted by atomic mass is 10.4. The van der Waals surface area contributed by atoms with Crippen LogP contribution in [0.4, 0.5) is 4.79 Å². The fourth-order valence-electron chi connectivity index (χ4n) is 1.27. The van der Waals surface area contributed by atoms with Gasteiger partial charge in [-0.1, -0.05) is 23.9 Å². The third-order valence-electron chi connectivity index (χ3n) is 2.10. The summed E-state index contributed by atoms with van der Waals surface area (Å²) in [4.78, 5) is 24.5. The fraction of sp³-hybridized carbons (Fsp3) is 0.364. The summed E-state index contributed by atoms with van der Waals surface area (Å²) in [6.07, 6.45) is 3.18. The molecule has 0 aliphatic carbocycles. The molecule has 2 N–H and O–H groups in total. The van der Waals surface area contributed by atoms with Gasteiger partial charge in [-0.3, -0.25) is 9.69 Å². The molecule has 0 aromatic rings. The molecule has 0 bridgehead atoms. The number of hydrazone groups is 1. The number of amides is 3. The van der Waals surface area contributed by atoms with Crippen molar-refractivity contribution in [3.8, 4) is 0 Å². The summed E-state index contributed by atoms with van der Waals surface area (Å²) in [6, 6.07) is -0.437. The molecule has 7 heteroatoms. The molecule has 0 radical (unpaired) electrons. The Morgan fingerprint density at radius 1 is 1.56 bits per heavy atom. The first-order valence-corrected chi connectivity index (χ1v) is 6.29. The number of nitrogens with one attached hydrogen (secondary N) is 2. The van der Waals surface area contributed by atoms with Gasteiger partial charge in [0.2, 0.25) is 5.91 Å². The molecule has 18 heavy (non-hydrogen) atoms. The molecular weight excluding hydrogens is 252 g/mol. The Morgan fingerprint density at radius 2 is 2.28 bits per heavy atom. The van der Waals surface area contributed by atoms with Crippen LogP contribution in [0.15, 0.2) is 30.4 Å². The van der Waals surface area contributed by atoms with E-state index in [1.807, 2.05) is 0 Å². The second kappa shape index (κ2) is 6.85. The number of thioether (sulfide) groups is 1. The van der Waals surface area contributed by atoms with Crippen LogP contribution in [0.25, 0.3) is 0 Å². The molecule has 1 atom stereocenters. The van der Waals surface area contributed by atoms with Crippen LogP contribution in [0.1, 0.15) is 6.92 Å². The Morgan fingerprint density at radius 3 is 2.89 bits per heavy atom. The van der Waals surface area contributed by atoms with Crippen LogP contribution in [-0.2, 0) is 4.79 Å². The van der Waals surface area contributed by atoms with Crippen molar-refractivity contribution in [1.82, 2.24) is 15.6 Å². The number of nitrogens with zero attached hydrogens (tertiary/aromatic N) is 2. The maximum absolute atomic E-state index is 11.8. The quantitative estimate of drug-likeness (QED) is 0.574. The number of urea groups is 1. The molecular formula is C11H16N4O2S. The van der Waals surface area contributed by atoms with Crippen LogP contribution in [0.3, 0.4) is 0 Å². The van der Waals surface area contributed by atoms with E-state index < -0.39 is 6.03 Å². The monoisotopic (exact) mass is 268 g/mol. The highest BCUT2D eigenvalue weighted by Gasteiger charge is 2.34. The van der Waals surface area contributed by atoms with E-state index in [0.29, 0.717) is 18.3 Å². The maximum Gasteiger partial charge on any atom is 0.335 e. The topological polar surface area (TPSA) is 73.8 Å². The van der Waals surface area contributed by atoms with Crippen molar-refractivity contribution in [2.75, 3.05) is 13.1 Å². The fourth-order valence-corrected chi connectivity index (χ4v) is 2.21. The second-order valence-electron chi connectivity index (χ2n) is 3.50. The van der Waals surface area contributed by atoms with Crippen LogP contribution < -0.4 is 10.7 Å². The van der Waals surface area contributed by atoms with E-state index in [2.05, 4.69) is 29.0 Å².